The normalized spacial score (nSPS) is 17.1. The number of para-hydroxylation sites is 1. The van der Waals surface area contributed by atoms with Crippen LogP contribution in [-0.2, 0) is 9.59 Å². The zero-order chi connectivity index (χ0) is 26.2. The van der Waals surface area contributed by atoms with E-state index in [0.29, 0.717) is 47.9 Å². The van der Waals surface area contributed by atoms with E-state index in [-0.39, 0.29) is 11.3 Å². The van der Waals surface area contributed by atoms with Crippen molar-refractivity contribution in [1.29, 1.82) is 0 Å². The Hall–Kier alpha value is -3.52. The number of aliphatic hydroxyl groups excluding tert-OH is 1. The number of amides is 1. The third-order valence-corrected chi connectivity index (χ3v) is 6.45. The predicted molar refractivity (Wildman–Crippen MR) is 139 cm³/mol. The Morgan fingerprint density at radius 2 is 1.75 bits per heavy atom. The quantitative estimate of drug-likeness (QED) is 0.267. The molecule has 1 N–H and O–H groups in total. The maximum absolute atomic E-state index is 13.4. The number of Topliss-reactive ketones (excluding diaryl/α,β-unsaturated/α-hetero) is 1. The molecular weight excluding hydrogens is 460 g/mol. The van der Waals surface area contributed by atoms with E-state index < -0.39 is 17.7 Å². The molecule has 0 saturated carbocycles. The summed E-state index contributed by atoms with van der Waals surface area (Å²) in [6.45, 7) is 9.45. The summed E-state index contributed by atoms with van der Waals surface area (Å²) in [4.78, 5) is 30.4. The molecule has 1 atom stereocenters. The second-order valence-corrected chi connectivity index (χ2v) is 8.42. The SMILES string of the molecule is CCOc1cccc(/C(O)=C2\C(=O)C(=O)N(CCCN(CC)CC)C2c2cccc(OC)c2OC)c1. The summed E-state index contributed by atoms with van der Waals surface area (Å²) in [5.41, 5.74) is 0.985. The summed E-state index contributed by atoms with van der Waals surface area (Å²) < 4.78 is 16.7. The van der Waals surface area contributed by atoms with E-state index >= 15 is 0 Å². The first-order valence-electron chi connectivity index (χ1n) is 12.4. The number of ether oxygens (including phenoxy) is 3. The molecule has 0 radical (unpaired) electrons. The average molecular weight is 497 g/mol. The average Bonchev–Trinajstić information content (AvgIpc) is 3.15. The fraction of sp³-hybridized carbons (Fsp3) is 0.429. The zero-order valence-electron chi connectivity index (χ0n) is 21.7. The van der Waals surface area contributed by atoms with E-state index in [1.54, 1.807) is 42.5 Å². The van der Waals surface area contributed by atoms with E-state index in [1.165, 1.54) is 19.1 Å². The number of carbonyl (C=O) groups is 2. The van der Waals surface area contributed by atoms with E-state index in [2.05, 4.69) is 18.7 Å². The fourth-order valence-corrected chi connectivity index (χ4v) is 4.62. The van der Waals surface area contributed by atoms with E-state index in [0.717, 1.165) is 19.6 Å². The molecule has 1 saturated heterocycles. The van der Waals surface area contributed by atoms with Crippen molar-refractivity contribution >= 4 is 17.4 Å². The van der Waals surface area contributed by atoms with Gasteiger partial charge in [-0.3, -0.25) is 9.59 Å². The van der Waals surface area contributed by atoms with Crippen molar-refractivity contribution in [2.45, 2.75) is 33.2 Å². The summed E-state index contributed by atoms with van der Waals surface area (Å²) in [5, 5.41) is 11.4. The molecule has 8 nitrogen and oxygen atoms in total. The molecule has 2 aromatic rings. The largest absolute Gasteiger partial charge is 0.507 e. The lowest BCUT2D eigenvalue weighted by Gasteiger charge is -2.28. The van der Waals surface area contributed by atoms with Gasteiger partial charge in [-0.15, -0.1) is 0 Å². The number of carbonyl (C=O) groups excluding carboxylic acids is 2. The predicted octanol–water partition coefficient (Wildman–Crippen LogP) is 4.26. The number of likely N-dealkylation sites (tertiary alicyclic amines) is 1. The van der Waals surface area contributed by atoms with Crippen molar-refractivity contribution in [2.24, 2.45) is 0 Å². The maximum Gasteiger partial charge on any atom is 0.295 e. The van der Waals surface area contributed by atoms with Gasteiger partial charge in [0.15, 0.2) is 11.5 Å². The molecule has 1 aliphatic rings. The highest BCUT2D eigenvalue weighted by molar-refractivity contribution is 6.46. The minimum Gasteiger partial charge on any atom is -0.507 e. The molecule has 8 heteroatoms. The van der Waals surface area contributed by atoms with Crippen LogP contribution >= 0.6 is 0 Å². The van der Waals surface area contributed by atoms with Gasteiger partial charge in [0.2, 0.25) is 0 Å². The van der Waals surface area contributed by atoms with Crippen LogP contribution in [0, 0.1) is 0 Å². The Balaban J connectivity index is 2.14. The molecule has 0 bridgehead atoms. The summed E-state index contributed by atoms with van der Waals surface area (Å²) in [6.07, 6.45) is 0.678. The van der Waals surface area contributed by atoms with Gasteiger partial charge in [0.1, 0.15) is 11.5 Å². The number of hydrogen-bond donors (Lipinski definition) is 1. The molecule has 0 spiro atoms. The van der Waals surface area contributed by atoms with Crippen molar-refractivity contribution in [3.8, 4) is 17.2 Å². The van der Waals surface area contributed by atoms with Gasteiger partial charge in [-0.25, -0.2) is 0 Å². The number of methoxy groups -OCH3 is 2. The third-order valence-electron chi connectivity index (χ3n) is 6.45. The number of nitrogens with zero attached hydrogens (tertiary/aromatic N) is 2. The molecule has 0 aliphatic carbocycles. The van der Waals surface area contributed by atoms with Crippen molar-refractivity contribution in [3.63, 3.8) is 0 Å². The molecular formula is C28H36N2O6. The van der Waals surface area contributed by atoms with Crippen LogP contribution in [0.15, 0.2) is 48.0 Å². The lowest BCUT2D eigenvalue weighted by Crippen LogP contribution is -2.33. The van der Waals surface area contributed by atoms with E-state index in [9.17, 15) is 14.7 Å². The Morgan fingerprint density at radius 1 is 1.03 bits per heavy atom. The first-order chi connectivity index (χ1) is 17.4. The summed E-state index contributed by atoms with van der Waals surface area (Å²) in [7, 11) is 3.04. The molecule has 1 fully saturated rings. The summed E-state index contributed by atoms with van der Waals surface area (Å²) in [6, 6.07) is 11.3. The maximum atomic E-state index is 13.4. The Kier molecular flexibility index (Phi) is 9.36. The standard InChI is InChI=1S/C28H36N2O6/c1-6-29(7-2)16-11-17-30-24(21-14-10-15-22(34-4)27(21)35-5)23(26(32)28(30)33)25(31)19-12-9-13-20(18-19)36-8-3/h9-10,12-15,18,24,31H,6-8,11,16-17H2,1-5H3/b25-23+. The highest BCUT2D eigenvalue weighted by atomic mass is 16.5. The van der Waals surface area contributed by atoms with Crippen LogP contribution < -0.4 is 14.2 Å². The molecule has 1 heterocycles. The van der Waals surface area contributed by atoms with Crippen LogP contribution in [0.3, 0.4) is 0 Å². The molecule has 1 amide bonds. The second kappa shape index (κ2) is 12.4. The van der Waals surface area contributed by atoms with Gasteiger partial charge >= 0.3 is 0 Å². The first-order valence-corrected chi connectivity index (χ1v) is 12.4. The van der Waals surface area contributed by atoms with Gasteiger partial charge in [0.05, 0.1) is 32.4 Å². The van der Waals surface area contributed by atoms with Crippen LogP contribution in [0.25, 0.3) is 5.76 Å². The van der Waals surface area contributed by atoms with Gasteiger partial charge < -0.3 is 29.1 Å². The second-order valence-electron chi connectivity index (χ2n) is 8.42. The van der Waals surface area contributed by atoms with Crippen LogP contribution in [0.4, 0.5) is 0 Å². The molecule has 36 heavy (non-hydrogen) atoms. The number of hydrogen-bond acceptors (Lipinski definition) is 7. The monoisotopic (exact) mass is 496 g/mol. The van der Waals surface area contributed by atoms with E-state index in [1.807, 2.05) is 6.92 Å². The Bertz CT molecular complexity index is 1110. The summed E-state index contributed by atoms with van der Waals surface area (Å²) >= 11 is 0. The highest BCUT2D eigenvalue weighted by Gasteiger charge is 2.47. The van der Waals surface area contributed by atoms with Crippen molar-refractivity contribution < 1.29 is 28.9 Å². The molecule has 2 aromatic carbocycles. The number of aliphatic hydroxyl groups is 1. The molecule has 1 unspecified atom stereocenters. The molecule has 0 aromatic heterocycles. The molecule has 3 rings (SSSR count). The third kappa shape index (κ3) is 5.49. The minimum atomic E-state index is -0.831. The van der Waals surface area contributed by atoms with Crippen LogP contribution in [0.2, 0.25) is 0 Å². The number of ketones is 1. The molecule has 194 valence electrons. The van der Waals surface area contributed by atoms with Crippen LogP contribution in [0.1, 0.15) is 44.4 Å². The van der Waals surface area contributed by atoms with Gasteiger partial charge in [0, 0.05) is 17.7 Å². The number of benzene rings is 2. The van der Waals surface area contributed by atoms with Crippen molar-refractivity contribution in [3.05, 3.63) is 59.2 Å². The topological polar surface area (TPSA) is 88.5 Å². The summed E-state index contributed by atoms with van der Waals surface area (Å²) in [5.74, 6) is -0.183. The smallest absolute Gasteiger partial charge is 0.295 e. The Morgan fingerprint density at radius 3 is 2.39 bits per heavy atom. The minimum absolute atomic E-state index is 0.0167. The fourth-order valence-electron chi connectivity index (χ4n) is 4.62. The highest BCUT2D eigenvalue weighted by Crippen LogP contribution is 2.45. The lowest BCUT2D eigenvalue weighted by molar-refractivity contribution is -0.140. The van der Waals surface area contributed by atoms with Crippen molar-refractivity contribution in [1.82, 2.24) is 9.80 Å². The van der Waals surface area contributed by atoms with Crippen molar-refractivity contribution in [2.75, 3.05) is 47.0 Å². The number of rotatable bonds is 12. The first kappa shape index (κ1) is 27.1. The Labute approximate surface area is 213 Å². The van der Waals surface area contributed by atoms with E-state index in [4.69, 9.17) is 14.2 Å². The van der Waals surface area contributed by atoms with Gasteiger partial charge in [0.25, 0.3) is 11.7 Å². The van der Waals surface area contributed by atoms with Crippen LogP contribution in [0.5, 0.6) is 17.2 Å². The molecule has 1 aliphatic heterocycles. The zero-order valence-corrected chi connectivity index (χ0v) is 21.7. The lowest BCUT2D eigenvalue weighted by atomic mass is 9.94. The van der Waals surface area contributed by atoms with Gasteiger partial charge in [-0.05, 0) is 51.2 Å². The van der Waals surface area contributed by atoms with Gasteiger partial charge in [-0.2, -0.15) is 0 Å². The van der Waals surface area contributed by atoms with Gasteiger partial charge in [-0.1, -0.05) is 38.1 Å². The van der Waals surface area contributed by atoms with Crippen LogP contribution in [-0.4, -0.2) is 73.6 Å².